The molecule has 0 aliphatic carbocycles. The first kappa shape index (κ1) is 15.1. The van der Waals surface area contributed by atoms with Gasteiger partial charge in [0.2, 0.25) is 5.91 Å². The molecule has 0 aliphatic heterocycles. The molecular formula is C12H13ClN4OS2. The van der Waals surface area contributed by atoms with E-state index < -0.39 is 0 Å². The maximum Gasteiger partial charge on any atom is 0.225 e. The zero-order valence-electron chi connectivity index (χ0n) is 10.7. The number of aryl methyl sites for hydroxylation is 1. The van der Waals surface area contributed by atoms with Crippen LogP contribution in [0.4, 0.5) is 11.4 Å². The van der Waals surface area contributed by atoms with Crippen LogP contribution in [0.1, 0.15) is 11.4 Å². The summed E-state index contributed by atoms with van der Waals surface area (Å²) < 4.78 is 0.876. The summed E-state index contributed by atoms with van der Waals surface area (Å²) in [6.45, 7) is 1.90. The highest BCUT2D eigenvalue weighted by Gasteiger charge is 2.07. The fourth-order valence-electron chi connectivity index (χ4n) is 1.41. The van der Waals surface area contributed by atoms with E-state index in [2.05, 4.69) is 15.5 Å². The molecule has 1 amide bonds. The van der Waals surface area contributed by atoms with E-state index in [9.17, 15) is 4.79 Å². The maximum absolute atomic E-state index is 11.8. The van der Waals surface area contributed by atoms with E-state index in [0.717, 1.165) is 9.35 Å². The van der Waals surface area contributed by atoms with E-state index >= 15 is 0 Å². The third-order valence-corrected chi connectivity index (χ3v) is 4.62. The molecule has 1 aromatic heterocycles. The molecule has 0 saturated carbocycles. The third-order valence-electron chi connectivity index (χ3n) is 2.33. The molecule has 1 heterocycles. The molecule has 8 heteroatoms. The summed E-state index contributed by atoms with van der Waals surface area (Å²) in [4.78, 5) is 11.8. The highest BCUT2D eigenvalue weighted by Crippen LogP contribution is 2.25. The molecule has 0 aliphatic rings. The normalized spacial score (nSPS) is 10.5. The van der Waals surface area contributed by atoms with Crippen LogP contribution in [0.3, 0.4) is 0 Å². The van der Waals surface area contributed by atoms with E-state index in [1.165, 1.54) is 23.1 Å². The van der Waals surface area contributed by atoms with Crippen LogP contribution in [0, 0.1) is 6.92 Å². The topological polar surface area (TPSA) is 80.9 Å². The predicted octanol–water partition coefficient (Wildman–Crippen LogP) is 3.20. The standard InChI is InChI=1S/C12H13ClN4OS2/c1-7-16-17-12(20-7)19-5-4-11(18)15-10-3-2-8(14)6-9(10)13/h2-3,6H,4-5,14H2,1H3,(H,15,18). The molecule has 20 heavy (non-hydrogen) atoms. The minimum atomic E-state index is -0.0922. The van der Waals surface area contributed by atoms with Gasteiger partial charge in [-0.1, -0.05) is 34.7 Å². The molecule has 1 aromatic carbocycles. The Hall–Kier alpha value is -1.31. The van der Waals surface area contributed by atoms with Crippen molar-refractivity contribution in [1.29, 1.82) is 0 Å². The lowest BCUT2D eigenvalue weighted by Crippen LogP contribution is -2.12. The summed E-state index contributed by atoms with van der Waals surface area (Å²) in [5, 5.41) is 12.0. The van der Waals surface area contributed by atoms with E-state index in [0.29, 0.717) is 28.6 Å². The second-order valence-electron chi connectivity index (χ2n) is 3.97. The lowest BCUT2D eigenvalue weighted by Gasteiger charge is -2.07. The monoisotopic (exact) mass is 328 g/mol. The Morgan fingerprint density at radius 3 is 2.95 bits per heavy atom. The van der Waals surface area contributed by atoms with Gasteiger partial charge in [-0.25, -0.2) is 0 Å². The second-order valence-corrected chi connectivity index (χ2v) is 6.90. The lowest BCUT2D eigenvalue weighted by molar-refractivity contribution is -0.115. The molecule has 0 bridgehead atoms. The van der Waals surface area contributed by atoms with E-state index in [1.54, 1.807) is 18.2 Å². The Morgan fingerprint density at radius 1 is 1.50 bits per heavy atom. The van der Waals surface area contributed by atoms with Crippen LogP contribution in [-0.2, 0) is 4.79 Å². The van der Waals surface area contributed by atoms with Crippen LogP contribution in [0.15, 0.2) is 22.5 Å². The molecule has 106 valence electrons. The number of nitrogens with two attached hydrogens (primary N) is 1. The Morgan fingerprint density at radius 2 is 2.30 bits per heavy atom. The van der Waals surface area contributed by atoms with Gasteiger partial charge in [0.15, 0.2) is 4.34 Å². The number of hydrogen-bond donors (Lipinski definition) is 2. The van der Waals surface area contributed by atoms with Gasteiger partial charge in [0, 0.05) is 17.9 Å². The number of benzene rings is 1. The highest BCUT2D eigenvalue weighted by atomic mass is 35.5. The molecule has 0 radical (unpaired) electrons. The summed E-state index contributed by atoms with van der Waals surface area (Å²) in [6.07, 6.45) is 0.379. The number of carbonyl (C=O) groups excluding carboxylic acids is 1. The van der Waals surface area contributed by atoms with Crippen molar-refractivity contribution < 1.29 is 4.79 Å². The molecule has 5 nitrogen and oxygen atoms in total. The molecule has 0 fully saturated rings. The first-order valence-corrected chi connectivity index (χ1v) is 8.00. The van der Waals surface area contributed by atoms with E-state index in [-0.39, 0.29) is 5.91 Å². The number of anilines is 2. The summed E-state index contributed by atoms with van der Waals surface area (Å²) in [5.74, 6) is 0.554. The SMILES string of the molecule is Cc1nnc(SCCC(=O)Nc2ccc(N)cc2Cl)s1. The number of amides is 1. The molecular weight excluding hydrogens is 316 g/mol. The number of aromatic nitrogens is 2. The van der Waals surface area contributed by atoms with E-state index in [4.69, 9.17) is 17.3 Å². The van der Waals surface area contributed by atoms with Crippen LogP contribution < -0.4 is 11.1 Å². The highest BCUT2D eigenvalue weighted by molar-refractivity contribution is 8.01. The van der Waals surface area contributed by atoms with Gasteiger partial charge in [0.1, 0.15) is 5.01 Å². The van der Waals surface area contributed by atoms with E-state index in [1.807, 2.05) is 6.92 Å². The zero-order valence-corrected chi connectivity index (χ0v) is 13.1. The first-order valence-electron chi connectivity index (χ1n) is 5.82. The van der Waals surface area contributed by atoms with Gasteiger partial charge >= 0.3 is 0 Å². The van der Waals surface area contributed by atoms with Crippen LogP contribution in [0.25, 0.3) is 0 Å². The van der Waals surface area contributed by atoms with Crippen molar-refractivity contribution in [3.63, 3.8) is 0 Å². The Labute approximate surface area is 129 Å². The van der Waals surface area contributed by atoms with Crippen molar-refractivity contribution in [3.8, 4) is 0 Å². The molecule has 3 N–H and O–H groups in total. The number of carbonyl (C=O) groups is 1. The fourth-order valence-corrected chi connectivity index (χ4v) is 3.47. The number of thioether (sulfide) groups is 1. The number of hydrogen-bond acceptors (Lipinski definition) is 6. The largest absolute Gasteiger partial charge is 0.399 e. The van der Waals surface area contributed by atoms with Gasteiger partial charge in [0.05, 0.1) is 10.7 Å². The van der Waals surface area contributed by atoms with Crippen LogP contribution in [0.5, 0.6) is 0 Å². The summed E-state index contributed by atoms with van der Waals surface area (Å²) in [5.41, 5.74) is 6.73. The molecule has 2 rings (SSSR count). The quantitative estimate of drug-likeness (QED) is 0.650. The second kappa shape index (κ2) is 6.92. The smallest absolute Gasteiger partial charge is 0.225 e. The molecule has 0 atom stereocenters. The Bertz CT molecular complexity index is 617. The molecule has 2 aromatic rings. The Kier molecular flexibility index (Phi) is 5.22. The first-order chi connectivity index (χ1) is 9.54. The maximum atomic E-state index is 11.8. The fraction of sp³-hybridized carbons (Fsp3) is 0.250. The van der Waals surface area contributed by atoms with Crippen LogP contribution in [-0.4, -0.2) is 21.9 Å². The zero-order chi connectivity index (χ0) is 14.5. The van der Waals surface area contributed by atoms with Crippen molar-refractivity contribution in [2.24, 2.45) is 0 Å². The van der Waals surface area contributed by atoms with Crippen LogP contribution in [0.2, 0.25) is 5.02 Å². The summed E-state index contributed by atoms with van der Waals surface area (Å²) in [7, 11) is 0. The summed E-state index contributed by atoms with van der Waals surface area (Å²) >= 11 is 9.03. The summed E-state index contributed by atoms with van der Waals surface area (Å²) in [6, 6.07) is 4.99. The average molecular weight is 329 g/mol. The molecule has 0 spiro atoms. The number of halogens is 1. The van der Waals surface area contributed by atoms with Crippen molar-refractivity contribution in [1.82, 2.24) is 10.2 Å². The van der Waals surface area contributed by atoms with Crippen LogP contribution >= 0.6 is 34.7 Å². The third kappa shape index (κ3) is 4.36. The van der Waals surface area contributed by atoms with Crippen molar-refractivity contribution in [2.45, 2.75) is 17.7 Å². The molecule has 0 saturated heterocycles. The van der Waals surface area contributed by atoms with Gasteiger partial charge in [-0.05, 0) is 25.1 Å². The number of nitrogen functional groups attached to an aromatic ring is 1. The van der Waals surface area contributed by atoms with Gasteiger partial charge in [-0.3, -0.25) is 4.79 Å². The predicted molar refractivity (Wildman–Crippen MR) is 84.5 cm³/mol. The lowest BCUT2D eigenvalue weighted by atomic mass is 10.3. The molecule has 0 unspecified atom stereocenters. The Balaban J connectivity index is 1.80. The number of nitrogens with one attached hydrogen (secondary N) is 1. The minimum Gasteiger partial charge on any atom is -0.399 e. The van der Waals surface area contributed by atoms with Gasteiger partial charge in [0.25, 0.3) is 0 Å². The number of nitrogens with zero attached hydrogens (tertiary/aromatic N) is 2. The van der Waals surface area contributed by atoms with Crippen molar-refractivity contribution >= 4 is 52.0 Å². The van der Waals surface area contributed by atoms with Crippen molar-refractivity contribution in [3.05, 3.63) is 28.2 Å². The van der Waals surface area contributed by atoms with Crippen molar-refractivity contribution in [2.75, 3.05) is 16.8 Å². The van der Waals surface area contributed by atoms with Gasteiger partial charge in [-0.15, -0.1) is 10.2 Å². The minimum absolute atomic E-state index is 0.0922. The van der Waals surface area contributed by atoms with Gasteiger partial charge in [-0.2, -0.15) is 0 Å². The average Bonchev–Trinajstić information content (AvgIpc) is 2.79. The van der Waals surface area contributed by atoms with Gasteiger partial charge < -0.3 is 11.1 Å². The number of rotatable bonds is 5.